The largest absolute Gasteiger partial charge is 0.481 e. The first-order chi connectivity index (χ1) is 30.1. The van der Waals surface area contributed by atoms with Crippen LogP contribution in [0.25, 0.3) is 0 Å². The van der Waals surface area contributed by atoms with Gasteiger partial charge in [0.2, 0.25) is 65.0 Å². The van der Waals surface area contributed by atoms with Crippen LogP contribution in [0.3, 0.4) is 0 Å². The number of amides is 11. The van der Waals surface area contributed by atoms with Crippen molar-refractivity contribution < 1.29 is 72.5 Å². The van der Waals surface area contributed by atoms with Crippen LogP contribution >= 0.6 is 0 Å². The zero-order valence-corrected chi connectivity index (χ0v) is 37.0. The number of hydrogen-bond acceptors (Lipinski definition) is 14. The lowest BCUT2D eigenvalue weighted by atomic mass is 10.00. The molecule has 1 saturated heterocycles. The van der Waals surface area contributed by atoms with E-state index in [2.05, 4.69) is 37.2 Å². The lowest BCUT2D eigenvalue weighted by molar-refractivity contribution is -0.147. The molecule has 17 N–H and O–H groups in total. The molecule has 0 aromatic rings. The van der Waals surface area contributed by atoms with Crippen molar-refractivity contribution in [2.24, 2.45) is 34.8 Å². The highest BCUT2D eigenvalue weighted by molar-refractivity contribution is 6.00. The van der Waals surface area contributed by atoms with Crippen molar-refractivity contribution in [3.8, 4) is 0 Å². The molecule has 0 aromatic carbocycles. The number of rotatable bonds is 27. The predicted octanol–water partition coefficient (Wildman–Crippen LogP) is -6.37. The molecule has 0 bridgehead atoms. The molecular formula is C38H62N12O15. The van der Waals surface area contributed by atoms with Gasteiger partial charge in [0.05, 0.1) is 25.3 Å². The smallest absolute Gasteiger partial charge is 0.325 e. The molecular weight excluding hydrogens is 864 g/mol. The van der Waals surface area contributed by atoms with E-state index in [0.29, 0.717) is 6.42 Å². The van der Waals surface area contributed by atoms with E-state index in [1.807, 2.05) is 0 Å². The maximum Gasteiger partial charge on any atom is 0.325 e. The Morgan fingerprint density at radius 1 is 0.554 bits per heavy atom. The molecule has 1 rings (SSSR count). The van der Waals surface area contributed by atoms with Crippen molar-refractivity contribution in [3.05, 3.63) is 0 Å². The van der Waals surface area contributed by atoms with E-state index in [0.717, 1.165) is 4.90 Å². The molecule has 0 radical (unpaired) electrons. The number of carboxylic acid groups (broad SMARTS) is 2. The summed E-state index contributed by atoms with van der Waals surface area (Å²) in [7, 11) is 0. The lowest BCUT2D eigenvalue weighted by Gasteiger charge is -2.31. The third kappa shape index (κ3) is 18.8. The Morgan fingerprint density at radius 3 is 1.38 bits per heavy atom. The van der Waals surface area contributed by atoms with E-state index in [1.54, 1.807) is 0 Å². The van der Waals surface area contributed by atoms with E-state index in [1.165, 1.54) is 41.5 Å². The first-order valence-electron chi connectivity index (χ1n) is 20.6. The third-order valence-electron chi connectivity index (χ3n) is 9.86. The van der Waals surface area contributed by atoms with Gasteiger partial charge in [-0.15, -0.1) is 0 Å². The van der Waals surface area contributed by atoms with Gasteiger partial charge in [0.25, 0.3) is 0 Å². The van der Waals surface area contributed by atoms with E-state index in [-0.39, 0.29) is 25.8 Å². The van der Waals surface area contributed by atoms with Gasteiger partial charge in [0.1, 0.15) is 48.3 Å². The predicted molar refractivity (Wildman–Crippen MR) is 223 cm³/mol. The molecule has 9 atom stereocenters. The van der Waals surface area contributed by atoms with E-state index >= 15 is 0 Å². The number of nitrogens with one attached hydrogen (secondary N) is 7. The van der Waals surface area contributed by atoms with Crippen LogP contribution in [-0.2, 0) is 62.3 Å². The van der Waals surface area contributed by atoms with E-state index in [4.69, 9.17) is 22.9 Å². The van der Waals surface area contributed by atoms with Gasteiger partial charge in [-0.3, -0.25) is 62.3 Å². The fraction of sp³-hybridized carbons (Fsp3) is 0.658. The quantitative estimate of drug-likeness (QED) is 0.0364. The Labute approximate surface area is 373 Å². The molecule has 27 nitrogen and oxygen atoms in total. The summed E-state index contributed by atoms with van der Waals surface area (Å²) in [5.41, 5.74) is 21.4. The van der Waals surface area contributed by atoms with Crippen LogP contribution in [-0.4, -0.2) is 153 Å². The SMILES string of the molecule is CC(C)[C@H](NC(=O)[C@H](CC(N)=O)NC(=O)[C@H](CCC(N)=O)NC(=O)[C@H](C)N)C(=O)N[C@@H](CC(N)=O)C(=O)N[C@H](C(=O)N[C@@H](CC(=O)O)C(=O)N1CCC[C@H]1C(=O)N[C@@H](C)C(=O)O)C(C)C. The summed E-state index contributed by atoms with van der Waals surface area (Å²) >= 11 is 0. The maximum absolute atomic E-state index is 13.7. The number of primary amides is 3. The second-order valence-corrected chi connectivity index (χ2v) is 16.2. The van der Waals surface area contributed by atoms with Crippen molar-refractivity contribution in [3.63, 3.8) is 0 Å². The fourth-order valence-electron chi connectivity index (χ4n) is 6.30. The Kier molecular flexibility index (Phi) is 22.4. The van der Waals surface area contributed by atoms with Crippen molar-refractivity contribution in [2.45, 2.75) is 141 Å². The van der Waals surface area contributed by atoms with Gasteiger partial charge >= 0.3 is 11.9 Å². The van der Waals surface area contributed by atoms with E-state index < -0.39 is 162 Å². The molecule has 0 saturated carbocycles. The summed E-state index contributed by atoms with van der Waals surface area (Å²) in [5, 5.41) is 34.9. The number of nitrogens with zero attached hydrogens (tertiary/aromatic N) is 1. The number of likely N-dealkylation sites (tertiary alicyclic amines) is 1. The van der Waals surface area contributed by atoms with Crippen molar-refractivity contribution in [2.75, 3.05) is 6.54 Å². The first-order valence-corrected chi connectivity index (χ1v) is 20.6. The molecule has 11 amide bonds. The fourth-order valence-corrected chi connectivity index (χ4v) is 6.30. The molecule has 1 aliphatic heterocycles. The normalized spacial score (nSPS) is 17.1. The second-order valence-electron chi connectivity index (χ2n) is 16.2. The van der Waals surface area contributed by atoms with Crippen molar-refractivity contribution >= 4 is 76.9 Å². The van der Waals surface area contributed by atoms with Crippen LogP contribution in [0, 0.1) is 11.8 Å². The highest BCUT2D eigenvalue weighted by Gasteiger charge is 2.41. The van der Waals surface area contributed by atoms with Gasteiger partial charge in [-0.2, -0.15) is 0 Å². The van der Waals surface area contributed by atoms with Gasteiger partial charge in [0.15, 0.2) is 0 Å². The van der Waals surface area contributed by atoms with Crippen molar-refractivity contribution in [1.82, 2.24) is 42.1 Å². The maximum atomic E-state index is 13.7. The minimum atomic E-state index is -1.82. The third-order valence-corrected chi connectivity index (χ3v) is 9.86. The zero-order chi connectivity index (χ0) is 50.0. The Hall–Kier alpha value is -6.93. The molecule has 1 heterocycles. The summed E-state index contributed by atoms with van der Waals surface area (Å²) in [6, 6.07) is -13.5. The van der Waals surface area contributed by atoms with Crippen LogP contribution in [0.5, 0.6) is 0 Å². The van der Waals surface area contributed by atoms with Crippen LogP contribution in [0.4, 0.5) is 0 Å². The van der Waals surface area contributed by atoms with Gasteiger partial charge in [-0.1, -0.05) is 27.7 Å². The van der Waals surface area contributed by atoms with Crippen LogP contribution in [0.1, 0.15) is 86.5 Å². The number of nitrogens with two attached hydrogens (primary N) is 4. The number of aliphatic carboxylic acids is 2. The highest BCUT2D eigenvalue weighted by atomic mass is 16.4. The van der Waals surface area contributed by atoms with Crippen LogP contribution in [0.2, 0.25) is 0 Å². The highest BCUT2D eigenvalue weighted by Crippen LogP contribution is 2.20. The Morgan fingerprint density at radius 2 is 0.985 bits per heavy atom. The molecule has 27 heteroatoms. The lowest BCUT2D eigenvalue weighted by Crippen LogP contribution is -2.62. The average molecular weight is 927 g/mol. The number of carbonyl (C=O) groups excluding carboxylic acids is 11. The summed E-state index contributed by atoms with van der Waals surface area (Å²) in [6.45, 7) is 8.32. The van der Waals surface area contributed by atoms with E-state index in [9.17, 15) is 72.5 Å². The summed E-state index contributed by atoms with van der Waals surface area (Å²) in [4.78, 5) is 166. The molecule has 0 spiro atoms. The van der Waals surface area contributed by atoms with Crippen LogP contribution < -0.4 is 60.2 Å². The minimum absolute atomic E-state index is 0.0331. The molecule has 1 fully saturated rings. The molecule has 65 heavy (non-hydrogen) atoms. The van der Waals surface area contributed by atoms with Gasteiger partial charge in [-0.25, -0.2) is 0 Å². The topological polar surface area (TPSA) is 454 Å². The average Bonchev–Trinajstić information content (AvgIpc) is 3.68. The first kappa shape index (κ1) is 56.1. The summed E-state index contributed by atoms with van der Waals surface area (Å²) in [5.74, 6) is -15.6. The number of carboxylic acids is 2. The summed E-state index contributed by atoms with van der Waals surface area (Å²) in [6.07, 6.45) is -2.96. The van der Waals surface area contributed by atoms with Gasteiger partial charge in [-0.05, 0) is 44.9 Å². The molecule has 0 aliphatic carbocycles. The Bertz CT molecular complexity index is 1840. The molecule has 364 valence electrons. The molecule has 0 unspecified atom stereocenters. The monoisotopic (exact) mass is 926 g/mol. The number of carbonyl (C=O) groups is 13. The van der Waals surface area contributed by atoms with Gasteiger partial charge < -0.3 is 75.3 Å². The zero-order valence-electron chi connectivity index (χ0n) is 37.0. The minimum Gasteiger partial charge on any atom is -0.481 e. The molecule has 0 aromatic heterocycles. The number of hydrogen-bond donors (Lipinski definition) is 13. The Balaban J connectivity index is 3.34. The molecule has 1 aliphatic rings. The van der Waals surface area contributed by atoms with Crippen molar-refractivity contribution in [1.29, 1.82) is 0 Å². The second kappa shape index (κ2) is 26.0. The standard InChI is InChI=1S/C38H62N12O15/c1-15(2)28(48-32(58)20(12-25(41)52)45-31(57)19(9-10-24(40)51)44-30(56)17(5)39)35(61)46-21(13-26(42)53)33(59)49-29(16(3)4)36(62)47-22(14-27(54)55)37(63)50-11-7-8-23(50)34(60)43-18(6)38(64)65/h15-23,28-29H,7-14,39H2,1-6H3,(H2,40,51)(H2,41,52)(H2,42,53)(H,43,60)(H,44,56)(H,45,57)(H,46,61)(H,47,62)(H,48,58)(H,49,59)(H,54,55)(H,64,65)/t17-,18-,19-,20-,21-,22-,23-,28-,29-/m0/s1. The van der Waals surface area contributed by atoms with Gasteiger partial charge in [0, 0.05) is 13.0 Å². The van der Waals surface area contributed by atoms with Crippen LogP contribution in [0.15, 0.2) is 0 Å². The summed E-state index contributed by atoms with van der Waals surface area (Å²) < 4.78 is 0.